The highest BCUT2D eigenvalue weighted by atomic mass is 16.5. The van der Waals surface area contributed by atoms with E-state index in [2.05, 4.69) is 35.5 Å². The maximum absolute atomic E-state index is 12.6. The largest absolute Gasteiger partial charge is 0.496 e. The quantitative estimate of drug-likeness (QED) is 0.916. The molecule has 0 aliphatic carbocycles. The Morgan fingerprint density at radius 3 is 2.64 bits per heavy atom. The zero-order valence-electron chi connectivity index (χ0n) is 15.0. The maximum Gasteiger partial charge on any atom is 0.251 e. The first-order chi connectivity index (χ1) is 12.1. The number of hydrogen-bond acceptors (Lipinski definition) is 3. The summed E-state index contributed by atoms with van der Waals surface area (Å²) in [4.78, 5) is 15.0. The van der Waals surface area contributed by atoms with Gasteiger partial charge in [0.2, 0.25) is 0 Å². The zero-order valence-corrected chi connectivity index (χ0v) is 15.0. The normalized spacial score (nSPS) is 22.8. The van der Waals surface area contributed by atoms with Gasteiger partial charge in [-0.15, -0.1) is 0 Å². The molecule has 0 bridgehead atoms. The Morgan fingerprint density at radius 2 is 1.88 bits per heavy atom. The molecule has 1 saturated heterocycles. The molecule has 1 amide bonds. The summed E-state index contributed by atoms with van der Waals surface area (Å²) >= 11 is 0. The highest BCUT2D eigenvalue weighted by Gasteiger charge is 2.36. The van der Waals surface area contributed by atoms with Crippen LogP contribution in [0.2, 0.25) is 0 Å². The van der Waals surface area contributed by atoms with Crippen LogP contribution in [-0.2, 0) is 0 Å². The number of ether oxygens (including phenoxy) is 1. The Balaban J connectivity index is 1.76. The Kier molecular flexibility index (Phi) is 4.00. The van der Waals surface area contributed by atoms with Crippen molar-refractivity contribution in [2.45, 2.75) is 12.8 Å². The molecule has 0 saturated carbocycles. The molecule has 130 valence electrons. The van der Waals surface area contributed by atoms with Crippen LogP contribution in [0.4, 0.5) is 0 Å². The summed E-state index contributed by atoms with van der Waals surface area (Å²) < 4.78 is 5.35. The highest BCUT2D eigenvalue weighted by molar-refractivity contribution is 5.97. The fourth-order valence-electron chi connectivity index (χ4n) is 4.28. The lowest BCUT2D eigenvalue weighted by Crippen LogP contribution is -2.29. The first-order valence-electron chi connectivity index (χ1n) is 8.82. The van der Waals surface area contributed by atoms with Crippen LogP contribution in [-0.4, -0.2) is 44.6 Å². The SMILES string of the molecule is COc1ccc(-c2ccc3c(c2)C(=O)NCC2CN(C)CC32)cc1C. The van der Waals surface area contributed by atoms with Crippen LogP contribution < -0.4 is 10.1 Å². The zero-order chi connectivity index (χ0) is 17.6. The summed E-state index contributed by atoms with van der Waals surface area (Å²) in [6.45, 7) is 4.87. The summed E-state index contributed by atoms with van der Waals surface area (Å²) in [5.41, 5.74) is 5.30. The van der Waals surface area contributed by atoms with Gasteiger partial charge in [0.1, 0.15) is 5.75 Å². The number of amides is 1. The Morgan fingerprint density at radius 1 is 1.12 bits per heavy atom. The van der Waals surface area contributed by atoms with Gasteiger partial charge >= 0.3 is 0 Å². The third kappa shape index (κ3) is 2.81. The van der Waals surface area contributed by atoms with E-state index in [1.807, 2.05) is 25.1 Å². The minimum Gasteiger partial charge on any atom is -0.496 e. The van der Waals surface area contributed by atoms with Crippen molar-refractivity contribution in [3.05, 3.63) is 53.1 Å². The number of likely N-dealkylation sites (tertiary alicyclic amines) is 1. The topological polar surface area (TPSA) is 41.6 Å². The minimum atomic E-state index is 0.0548. The molecule has 2 aliphatic heterocycles. The molecule has 2 atom stereocenters. The average Bonchev–Trinajstić information content (AvgIpc) is 2.94. The molecule has 4 rings (SSSR count). The lowest BCUT2D eigenvalue weighted by molar-refractivity contribution is 0.0951. The van der Waals surface area contributed by atoms with Gasteiger partial charge in [0.25, 0.3) is 5.91 Å². The van der Waals surface area contributed by atoms with E-state index >= 15 is 0 Å². The smallest absolute Gasteiger partial charge is 0.251 e. The number of fused-ring (bicyclic) bond motifs is 3. The number of carbonyl (C=O) groups is 1. The Hall–Kier alpha value is -2.33. The number of hydrogen-bond donors (Lipinski definition) is 1. The third-order valence-corrected chi connectivity index (χ3v) is 5.57. The Labute approximate surface area is 148 Å². The van der Waals surface area contributed by atoms with Crippen molar-refractivity contribution >= 4 is 5.91 Å². The van der Waals surface area contributed by atoms with Gasteiger partial charge in [-0.1, -0.05) is 18.2 Å². The molecule has 4 heteroatoms. The number of rotatable bonds is 2. The predicted octanol–water partition coefficient (Wildman–Crippen LogP) is 3.06. The Bertz CT molecular complexity index is 831. The van der Waals surface area contributed by atoms with Crippen molar-refractivity contribution in [1.82, 2.24) is 10.2 Å². The van der Waals surface area contributed by atoms with E-state index in [0.717, 1.165) is 47.6 Å². The van der Waals surface area contributed by atoms with Gasteiger partial charge in [0, 0.05) is 31.1 Å². The number of carbonyl (C=O) groups excluding carboxylic acids is 1. The van der Waals surface area contributed by atoms with E-state index in [4.69, 9.17) is 4.74 Å². The van der Waals surface area contributed by atoms with Gasteiger partial charge in [0.15, 0.2) is 0 Å². The van der Waals surface area contributed by atoms with Crippen molar-refractivity contribution < 1.29 is 9.53 Å². The van der Waals surface area contributed by atoms with Crippen LogP contribution in [0.3, 0.4) is 0 Å². The molecule has 0 aromatic heterocycles. The first kappa shape index (κ1) is 16.2. The number of aryl methyl sites for hydroxylation is 1. The van der Waals surface area contributed by atoms with Gasteiger partial charge in [0.05, 0.1) is 7.11 Å². The number of nitrogens with zero attached hydrogens (tertiary/aromatic N) is 1. The molecule has 2 aromatic rings. The molecule has 2 aliphatic rings. The molecular formula is C21H24N2O2. The van der Waals surface area contributed by atoms with Crippen LogP contribution in [0, 0.1) is 12.8 Å². The lowest BCUT2D eigenvalue weighted by atomic mass is 9.86. The van der Waals surface area contributed by atoms with Gasteiger partial charge in [-0.05, 0) is 60.3 Å². The second-order valence-electron chi connectivity index (χ2n) is 7.28. The molecular weight excluding hydrogens is 312 g/mol. The number of likely N-dealkylation sites (N-methyl/N-ethyl adjacent to an activating group) is 1. The second-order valence-corrected chi connectivity index (χ2v) is 7.28. The van der Waals surface area contributed by atoms with Crippen molar-refractivity contribution in [3.8, 4) is 16.9 Å². The van der Waals surface area contributed by atoms with E-state index < -0.39 is 0 Å². The van der Waals surface area contributed by atoms with Crippen LogP contribution in [0.15, 0.2) is 36.4 Å². The average molecular weight is 336 g/mol. The molecule has 2 aromatic carbocycles. The molecule has 2 unspecified atom stereocenters. The molecule has 4 nitrogen and oxygen atoms in total. The molecule has 2 heterocycles. The van der Waals surface area contributed by atoms with E-state index in [1.54, 1.807) is 7.11 Å². The number of benzene rings is 2. The molecule has 0 spiro atoms. The van der Waals surface area contributed by atoms with Crippen molar-refractivity contribution in [3.63, 3.8) is 0 Å². The molecule has 1 fully saturated rings. The second kappa shape index (κ2) is 6.19. The lowest BCUT2D eigenvalue weighted by Gasteiger charge is -2.17. The maximum atomic E-state index is 12.6. The first-order valence-corrected chi connectivity index (χ1v) is 8.82. The van der Waals surface area contributed by atoms with Crippen molar-refractivity contribution in [2.24, 2.45) is 5.92 Å². The predicted molar refractivity (Wildman–Crippen MR) is 99.2 cm³/mol. The fourth-order valence-corrected chi connectivity index (χ4v) is 4.28. The third-order valence-electron chi connectivity index (χ3n) is 5.57. The van der Waals surface area contributed by atoms with Crippen molar-refractivity contribution in [2.75, 3.05) is 33.8 Å². The molecule has 25 heavy (non-hydrogen) atoms. The van der Waals surface area contributed by atoms with Crippen LogP contribution >= 0.6 is 0 Å². The summed E-state index contributed by atoms with van der Waals surface area (Å²) in [6.07, 6.45) is 0. The standard InChI is InChI=1S/C21H24N2O2/c1-13-8-14(5-7-20(13)25-3)15-4-6-17-18(9-15)21(24)22-10-16-11-23(2)12-19(16)17/h4-9,16,19H,10-12H2,1-3H3,(H,22,24). The van der Waals surface area contributed by atoms with Crippen LogP contribution in [0.1, 0.15) is 27.4 Å². The fraction of sp³-hybridized carbons (Fsp3) is 0.381. The molecule has 1 N–H and O–H groups in total. The molecule has 0 radical (unpaired) electrons. The summed E-state index contributed by atoms with van der Waals surface area (Å²) in [5, 5.41) is 3.12. The summed E-state index contributed by atoms with van der Waals surface area (Å²) in [5.74, 6) is 1.88. The van der Waals surface area contributed by atoms with Gasteiger partial charge < -0.3 is 15.0 Å². The number of nitrogens with one attached hydrogen (secondary N) is 1. The summed E-state index contributed by atoms with van der Waals surface area (Å²) in [6, 6.07) is 12.5. The summed E-state index contributed by atoms with van der Waals surface area (Å²) in [7, 11) is 3.84. The van der Waals surface area contributed by atoms with Crippen LogP contribution in [0.25, 0.3) is 11.1 Å². The van der Waals surface area contributed by atoms with Gasteiger partial charge in [-0.3, -0.25) is 4.79 Å². The van der Waals surface area contributed by atoms with E-state index in [0.29, 0.717) is 11.8 Å². The van der Waals surface area contributed by atoms with Crippen molar-refractivity contribution in [1.29, 1.82) is 0 Å². The monoisotopic (exact) mass is 336 g/mol. The highest BCUT2D eigenvalue weighted by Crippen LogP contribution is 2.37. The van der Waals surface area contributed by atoms with E-state index in [-0.39, 0.29) is 5.91 Å². The number of methoxy groups -OCH3 is 1. The van der Waals surface area contributed by atoms with E-state index in [9.17, 15) is 4.79 Å². The van der Waals surface area contributed by atoms with Gasteiger partial charge in [-0.2, -0.15) is 0 Å². The van der Waals surface area contributed by atoms with Crippen LogP contribution in [0.5, 0.6) is 5.75 Å². The van der Waals surface area contributed by atoms with E-state index in [1.165, 1.54) is 5.56 Å². The van der Waals surface area contributed by atoms with Gasteiger partial charge in [-0.25, -0.2) is 0 Å². The minimum absolute atomic E-state index is 0.0548.